The smallest absolute Gasteiger partial charge is 0.252 e. The molecule has 2 aromatic rings. The van der Waals surface area contributed by atoms with Crippen molar-refractivity contribution in [1.82, 2.24) is 9.62 Å². The molecule has 1 heterocycles. The summed E-state index contributed by atoms with van der Waals surface area (Å²) >= 11 is 1.53. The first-order valence-electron chi connectivity index (χ1n) is 9.02. The molecule has 0 aromatic heterocycles. The molecule has 1 amide bonds. The summed E-state index contributed by atoms with van der Waals surface area (Å²) in [7, 11) is -3.42. The zero-order valence-corrected chi connectivity index (χ0v) is 17.0. The summed E-state index contributed by atoms with van der Waals surface area (Å²) in [6.07, 6.45) is 4.86. The first kappa shape index (κ1) is 19.9. The lowest BCUT2D eigenvalue weighted by Gasteiger charge is -2.25. The molecule has 0 saturated carbocycles. The molecule has 27 heavy (non-hydrogen) atoms. The van der Waals surface area contributed by atoms with Crippen LogP contribution in [0.15, 0.2) is 58.3 Å². The number of hydrogen-bond acceptors (Lipinski definition) is 4. The van der Waals surface area contributed by atoms with Crippen LogP contribution in [0, 0.1) is 0 Å². The highest BCUT2D eigenvalue weighted by atomic mass is 32.2. The van der Waals surface area contributed by atoms with Crippen LogP contribution in [0.5, 0.6) is 0 Å². The Labute approximate surface area is 165 Å². The minimum Gasteiger partial charge on any atom is -0.348 e. The number of carbonyl (C=O) groups excluding carboxylic acids is 1. The molecule has 1 fully saturated rings. The molecular weight excluding hydrogens is 380 g/mol. The monoisotopic (exact) mass is 404 g/mol. The molecule has 144 valence electrons. The number of nitrogens with one attached hydrogen (secondary N) is 1. The van der Waals surface area contributed by atoms with Gasteiger partial charge in [0, 0.05) is 24.5 Å². The Kier molecular flexibility index (Phi) is 6.57. The summed E-state index contributed by atoms with van der Waals surface area (Å²) in [5.41, 5.74) is 1.51. The van der Waals surface area contributed by atoms with Crippen LogP contribution >= 0.6 is 11.8 Å². The molecule has 0 atom stereocenters. The van der Waals surface area contributed by atoms with Gasteiger partial charge in [0.05, 0.1) is 10.5 Å². The molecule has 0 unspecified atom stereocenters. The van der Waals surface area contributed by atoms with Crippen molar-refractivity contribution < 1.29 is 13.2 Å². The number of nitrogens with zero attached hydrogens (tertiary/aromatic N) is 1. The van der Waals surface area contributed by atoms with E-state index < -0.39 is 10.0 Å². The molecule has 0 spiro atoms. The van der Waals surface area contributed by atoms with Gasteiger partial charge in [-0.05, 0) is 48.9 Å². The summed E-state index contributed by atoms with van der Waals surface area (Å²) in [6, 6.07) is 14.2. The lowest BCUT2D eigenvalue weighted by molar-refractivity contribution is 0.0948. The second-order valence-electron chi connectivity index (χ2n) is 6.49. The molecule has 1 aliphatic heterocycles. The Morgan fingerprint density at radius 1 is 1.04 bits per heavy atom. The van der Waals surface area contributed by atoms with Crippen molar-refractivity contribution in [3.63, 3.8) is 0 Å². The van der Waals surface area contributed by atoms with Gasteiger partial charge >= 0.3 is 0 Å². The lowest BCUT2D eigenvalue weighted by atomic mass is 10.2. The number of carbonyl (C=O) groups is 1. The van der Waals surface area contributed by atoms with Gasteiger partial charge < -0.3 is 5.32 Å². The fourth-order valence-electron chi connectivity index (χ4n) is 3.14. The van der Waals surface area contributed by atoms with Crippen molar-refractivity contribution in [2.24, 2.45) is 0 Å². The zero-order valence-electron chi connectivity index (χ0n) is 15.3. The van der Waals surface area contributed by atoms with Gasteiger partial charge in [-0.15, -0.1) is 11.8 Å². The topological polar surface area (TPSA) is 66.5 Å². The van der Waals surface area contributed by atoms with E-state index in [2.05, 4.69) is 5.32 Å². The number of benzene rings is 2. The van der Waals surface area contributed by atoms with Crippen molar-refractivity contribution in [2.75, 3.05) is 19.3 Å². The van der Waals surface area contributed by atoms with E-state index >= 15 is 0 Å². The van der Waals surface area contributed by atoms with Gasteiger partial charge in [0.2, 0.25) is 10.0 Å². The van der Waals surface area contributed by atoms with E-state index in [0.717, 1.165) is 29.7 Å². The molecular formula is C20H24N2O3S2. The van der Waals surface area contributed by atoms with Crippen LogP contribution in [0.25, 0.3) is 0 Å². The van der Waals surface area contributed by atoms with Gasteiger partial charge in [-0.1, -0.05) is 30.7 Å². The first-order valence-corrected chi connectivity index (χ1v) is 11.7. The average Bonchev–Trinajstić information content (AvgIpc) is 2.73. The third kappa shape index (κ3) is 4.72. The summed E-state index contributed by atoms with van der Waals surface area (Å²) in [4.78, 5) is 13.6. The van der Waals surface area contributed by atoms with E-state index in [1.165, 1.54) is 11.8 Å². The highest BCUT2D eigenvalue weighted by Crippen LogP contribution is 2.22. The molecule has 2 aromatic carbocycles. The van der Waals surface area contributed by atoms with Gasteiger partial charge in [0.15, 0.2) is 0 Å². The number of hydrogen-bond donors (Lipinski definition) is 1. The van der Waals surface area contributed by atoms with Gasteiger partial charge in [0.25, 0.3) is 5.91 Å². The highest BCUT2D eigenvalue weighted by Gasteiger charge is 2.25. The standard InChI is InChI=1S/C20H24N2O3S2/c1-26-19-8-4-3-7-18(19)20(23)21-15-16-9-11-17(12-10-16)27(24,25)22-13-5-2-6-14-22/h3-4,7-12H,2,5-6,13-15H2,1H3,(H,21,23). The summed E-state index contributed by atoms with van der Waals surface area (Å²) in [5, 5.41) is 2.90. The summed E-state index contributed by atoms with van der Waals surface area (Å²) in [6.45, 7) is 1.54. The number of piperidine rings is 1. The number of amides is 1. The third-order valence-electron chi connectivity index (χ3n) is 4.68. The summed E-state index contributed by atoms with van der Waals surface area (Å²) < 4.78 is 26.9. The number of sulfonamides is 1. The van der Waals surface area contributed by atoms with Crippen molar-refractivity contribution in [3.8, 4) is 0 Å². The normalized spacial score (nSPS) is 15.4. The summed E-state index contributed by atoms with van der Waals surface area (Å²) in [5.74, 6) is -0.134. The van der Waals surface area contributed by atoms with Crippen LogP contribution in [-0.2, 0) is 16.6 Å². The molecule has 7 heteroatoms. The maximum atomic E-state index is 12.7. The molecule has 0 aliphatic carbocycles. The number of rotatable bonds is 6. The SMILES string of the molecule is CSc1ccccc1C(=O)NCc1ccc(S(=O)(=O)N2CCCCC2)cc1. The quantitative estimate of drug-likeness (QED) is 0.748. The van der Waals surface area contributed by atoms with Crippen LogP contribution < -0.4 is 5.32 Å². The molecule has 1 N–H and O–H groups in total. The van der Waals surface area contributed by atoms with E-state index in [-0.39, 0.29) is 5.91 Å². The van der Waals surface area contributed by atoms with E-state index in [4.69, 9.17) is 0 Å². The third-order valence-corrected chi connectivity index (χ3v) is 7.39. The number of thioether (sulfide) groups is 1. The van der Waals surface area contributed by atoms with E-state index in [1.54, 1.807) is 34.6 Å². The van der Waals surface area contributed by atoms with Crippen LogP contribution in [0.4, 0.5) is 0 Å². The zero-order chi connectivity index (χ0) is 19.3. The predicted octanol–water partition coefficient (Wildman–Crippen LogP) is 3.51. The van der Waals surface area contributed by atoms with Crippen LogP contribution in [0.1, 0.15) is 35.2 Å². The average molecular weight is 405 g/mol. The fourth-order valence-corrected chi connectivity index (χ4v) is 5.26. The molecule has 1 aliphatic rings. The van der Waals surface area contributed by atoms with Gasteiger partial charge in [0.1, 0.15) is 0 Å². The largest absolute Gasteiger partial charge is 0.348 e. The Morgan fingerprint density at radius 3 is 2.37 bits per heavy atom. The molecule has 3 rings (SSSR count). The Morgan fingerprint density at radius 2 is 1.70 bits per heavy atom. The molecule has 1 saturated heterocycles. The fraction of sp³-hybridized carbons (Fsp3) is 0.350. The maximum Gasteiger partial charge on any atom is 0.252 e. The van der Waals surface area contributed by atoms with Gasteiger partial charge in [-0.2, -0.15) is 4.31 Å². The van der Waals surface area contributed by atoms with E-state index in [1.807, 2.05) is 24.5 Å². The van der Waals surface area contributed by atoms with Crippen molar-refractivity contribution in [2.45, 2.75) is 35.6 Å². The second kappa shape index (κ2) is 8.91. The van der Waals surface area contributed by atoms with Gasteiger partial charge in [-0.25, -0.2) is 8.42 Å². The minimum atomic E-state index is -3.42. The Bertz CT molecular complexity index is 890. The Balaban J connectivity index is 1.65. The van der Waals surface area contributed by atoms with E-state index in [9.17, 15) is 13.2 Å². The van der Waals surface area contributed by atoms with Crippen molar-refractivity contribution in [3.05, 3.63) is 59.7 Å². The molecule has 5 nitrogen and oxygen atoms in total. The highest BCUT2D eigenvalue weighted by molar-refractivity contribution is 7.98. The van der Waals surface area contributed by atoms with E-state index in [0.29, 0.717) is 30.1 Å². The molecule has 0 bridgehead atoms. The van der Waals surface area contributed by atoms with Crippen LogP contribution in [0.3, 0.4) is 0 Å². The lowest BCUT2D eigenvalue weighted by Crippen LogP contribution is -2.35. The Hall–Kier alpha value is -1.83. The van der Waals surface area contributed by atoms with Crippen LogP contribution in [-0.4, -0.2) is 38.0 Å². The van der Waals surface area contributed by atoms with Gasteiger partial charge in [-0.3, -0.25) is 4.79 Å². The van der Waals surface area contributed by atoms with Crippen molar-refractivity contribution in [1.29, 1.82) is 0 Å². The van der Waals surface area contributed by atoms with Crippen LogP contribution in [0.2, 0.25) is 0 Å². The maximum absolute atomic E-state index is 12.7. The predicted molar refractivity (Wildman–Crippen MR) is 108 cm³/mol. The first-order chi connectivity index (χ1) is 13.0. The van der Waals surface area contributed by atoms with Crippen molar-refractivity contribution >= 4 is 27.7 Å². The molecule has 0 radical (unpaired) electrons. The minimum absolute atomic E-state index is 0.134. The second-order valence-corrected chi connectivity index (χ2v) is 9.28.